The van der Waals surface area contributed by atoms with E-state index in [-0.39, 0.29) is 30.8 Å². The fraction of sp³-hybridized carbons (Fsp3) is 0.714. The molecule has 5 rings (SSSR count). The molecule has 1 aliphatic heterocycles. The van der Waals surface area contributed by atoms with Crippen LogP contribution >= 0.6 is 11.3 Å². The van der Waals surface area contributed by atoms with Gasteiger partial charge in [0.15, 0.2) is 0 Å². The molecule has 2 bridgehead atoms. The lowest BCUT2D eigenvalue weighted by Gasteiger charge is -2.61. The van der Waals surface area contributed by atoms with Crippen LogP contribution in [0.1, 0.15) is 56.9 Å². The van der Waals surface area contributed by atoms with Crippen molar-refractivity contribution in [2.24, 2.45) is 23.2 Å². The van der Waals surface area contributed by atoms with Gasteiger partial charge in [0.2, 0.25) is 5.91 Å². The molecule has 0 N–H and O–H groups in total. The van der Waals surface area contributed by atoms with Crippen molar-refractivity contribution in [2.75, 3.05) is 6.54 Å². The minimum Gasteiger partial charge on any atom is -0.462 e. The Hall–Kier alpha value is -1.36. The molecule has 1 amide bonds. The lowest BCUT2D eigenvalue weighted by molar-refractivity contribution is -0.186. The van der Waals surface area contributed by atoms with Gasteiger partial charge < -0.3 is 9.64 Å². The van der Waals surface area contributed by atoms with Crippen LogP contribution in [-0.2, 0) is 27.3 Å². The van der Waals surface area contributed by atoms with Gasteiger partial charge in [-0.05, 0) is 59.4 Å². The Balaban J connectivity index is 1.24. The summed E-state index contributed by atoms with van der Waals surface area (Å²) in [7, 11) is 0. The van der Waals surface area contributed by atoms with Gasteiger partial charge in [-0.2, -0.15) is 0 Å². The van der Waals surface area contributed by atoms with E-state index in [1.165, 1.54) is 16.9 Å². The Kier molecular flexibility index (Phi) is 4.62. The van der Waals surface area contributed by atoms with E-state index >= 15 is 0 Å². The van der Waals surface area contributed by atoms with Crippen LogP contribution in [0.15, 0.2) is 11.4 Å². The standard InChI is InChI=1S/C21H29NO3S/c1-13-16-10-15(21(16,2)3)11-17(13)25-20(24)5-4-19(23)22-8-6-18-14(12-22)7-9-26-18/h7,9,13,15-17H,4-6,8,10-12H2,1-3H3. The largest absolute Gasteiger partial charge is 0.462 e. The number of hydrogen-bond acceptors (Lipinski definition) is 4. The molecule has 1 aromatic rings. The zero-order valence-corrected chi connectivity index (χ0v) is 16.8. The van der Waals surface area contributed by atoms with Gasteiger partial charge in [0.1, 0.15) is 6.10 Å². The molecule has 4 nitrogen and oxygen atoms in total. The average Bonchev–Trinajstić information content (AvgIpc) is 3.08. The zero-order chi connectivity index (χ0) is 18.5. The van der Waals surface area contributed by atoms with E-state index in [2.05, 4.69) is 32.2 Å². The zero-order valence-electron chi connectivity index (χ0n) is 16.0. The van der Waals surface area contributed by atoms with Gasteiger partial charge >= 0.3 is 5.97 Å². The second kappa shape index (κ2) is 6.66. The Morgan fingerprint density at radius 2 is 2.12 bits per heavy atom. The van der Waals surface area contributed by atoms with Crippen LogP contribution in [0, 0.1) is 23.2 Å². The molecule has 0 aromatic carbocycles. The van der Waals surface area contributed by atoms with Crippen LogP contribution in [0.5, 0.6) is 0 Å². The van der Waals surface area contributed by atoms with E-state index in [1.54, 1.807) is 11.3 Å². The van der Waals surface area contributed by atoms with Gasteiger partial charge in [-0.15, -0.1) is 11.3 Å². The number of ether oxygens (including phenoxy) is 1. The smallest absolute Gasteiger partial charge is 0.306 e. The summed E-state index contributed by atoms with van der Waals surface area (Å²) < 4.78 is 5.77. The number of hydrogen-bond donors (Lipinski definition) is 0. The molecule has 0 saturated heterocycles. The maximum absolute atomic E-state index is 12.5. The highest BCUT2D eigenvalue weighted by Crippen LogP contribution is 2.61. The molecule has 3 saturated carbocycles. The lowest BCUT2D eigenvalue weighted by atomic mass is 9.45. The molecule has 0 spiro atoms. The molecule has 4 aliphatic rings. The van der Waals surface area contributed by atoms with Gasteiger partial charge in [0.25, 0.3) is 0 Å². The number of amides is 1. The number of thiophene rings is 1. The topological polar surface area (TPSA) is 46.6 Å². The molecule has 2 heterocycles. The van der Waals surface area contributed by atoms with Gasteiger partial charge in [-0.1, -0.05) is 20.8 Å². The second-order valence-electron chi connectivity index (χ2n) is 8.92. The fourth-order valence-corrected chi connectivity index (χ4v) is 6.20. The Labute approximate surface area is 159 Å². The van der Waals surface area contributed by atoms with Gasteiger partial charge in [-0.3, -0.25) is 9.59 Å². The first-order valence-electron chi connectivity index (χ1n) is 9.88. The number of carbonyl (C=O) groups is 2. The molecular formula is C21H29NO3S. The third-order valence-corrected chi connectivity index (χ3v) is 8.29. The van der Waals surface area contributed by atoms with Crippen LogP contribution in [0.2, 0.25) is 0 Å². The van der Waals surface area contributed by atoms with Crippen molar-refractivity contribution in [1.29, 1.82) is 0 Å². The molecule has 0 radical (unpaired) electrons. The molecule has 3 fully saturated rings. The number of carbonyl (C=O) groups excluding carboxylic acids is 2. The van der Waals surface area contributed by atoms with Crippen molar-refractivity contribution in [3.8, 4) is 0 Å². The quantitative estimate of drug-likeness (QED) is 0.747. The van der Waals surface area contributed by atoms with Gasteiger partial charge in [0, 0.05) is 24.4 Å². The van der Waals surface area contributed by atoms with E-state index in [1.807, 2.05) is 4.90 Å². The van der Waals surface area contributed by atoms with Crippen molar-refractivity contribution in [3.05, 3.63) is 21.9 Å². The minimum atomic E-state index is -0.206. The SMILES string of the molecule is CC1C(OC(=O)CCC(=O)N2CCc3sccc3C2)CC2CC1C2(C)C. The maximum atomic E-state index is 12.5. The molecular weight excluding hydrogens is 346 g/mol. The summed E-state index contributed by atoms with van der Waals surface area (Å²) in [6, 6.07) is 2.10. The number of fused-ring (bicyclic) bond motifs is 3. The average molecular weight is 376 g/mol. The number of nitrogens with zero attached hydrogens (tertiary/aromatic N) is 1. The Bertz CT molecular complexity index is 710. The summed E-state index contributed by atoms with van der Waals surface area (Å²) in [6.45, 7) is 8.36. The van der Waals surface area contributed by atoms with E-state index < -0.39 is 0 Å². The highest BCUT2D eigenvalue weighted by atomic mass is 32.1. The molecule has 4 unspecified atom stereocenters. The molecule has 3 aliphatic carbocycles. The summed E-state index contributed by atoms with van der Waals surface area (Å²) in [5.74, 6) is 1.63. The minimum absolute atomic E-state index is 0.0396. The van der Waals surface area contributed by atoms with Crippen molar-refractivity contribution < 1.29 is 14.3 Å². The van der Waals surface area contributed by atoms with Gasteiger partial charge in [0.05, 0.1) is 6.42 Å². The summed E-state index contributed by atoms with van der Waals surface area (Å²) in [5, 5.41) is 2.09. The highest BCUT2D eigenvalue weighted by molar-refractivity contribution is 7.10. The predicted octanol–water partition coefficient (Wildman–Crippen LogP) is 4.03. The maximum Gasteiger partial charge on any atom is 0.306 e. The number of esters is 1. The van der Waals surface area contributed by atoms with Gasteiger partial charge in [-0.25, -0.2) is 0 Å². The van der Waals surface area contributed by atoms with Crippen molar-refractivity contribution in [2.45, 2.75) is 65.5 Å². The molecule has 5 heteroatoms. The van der Waals surface area contributed by atoms with Crippen LogP contribution in [0.3, 0.4) is 0 Å². The summed E-state index contributed by atoms with van der Waals surface area (Å²) in [4.78, 5) is 28.0. The molecule has 26 heavy (non-hydrogen) atoms. The third kappa shape index (κ3) is 3.08. The van der Waals surface area contributed by atoms with Crippen molar-refractivity contribution >= 4 is 23.2 Å². The second-order valence-corrected chi connectivity index (χ2v) is 9.92. The van der Waals surface area contributed by atoms with Crippen LogP contribution in [0.4, 0.5) is 0 Å². The monoisotopic (exact) mass is 375 g/mol. The van der Waals surface area contributed by atoms with E-state index in [0.717, 1.165) is 19.4 Å². The highest BCUT2D eigenvalue weighted by Gasteiger charge is 2.57. The normalized spacial score (nSPS) is 31.7. The molecule has 4 atom stereocenters. The van der Waals surface area contributed by atoms with Crippen molar-refractivity contribution in [1.82, 2.24) is 4.90 Å². The first-order chi connectivity index (χ1) is 12.4. The fourth-order valence-electron chi connectivity index (χ4n) is 5.31. The van der Waals surface area contributed by atoms with E-state index in [0.29, 0.717) is 29.7 Å². The van der Waals surface area contributed by atoms with Crippen LogP contribution in [0.25, 0.3) is 0 Å². The Morgan fingerprint density at radius 1 is 1.31 bits per heavy atom. The van der Waals surface area contributed by atoms with E-state index in [4.69, 9.17) is 4.74 Å². The lowest BCUT2D eigenvalue weighted by Crippen LogP contribution is -2.57. The first kappa shape index (κ1) is 18.0. The Morgan fingerprint density at radius 3 is 2.85 bits per heavy atom. The third-order valence-electron chi connectivity index (χ3n) is 7.27. The summed E-state index contributed by atoms with van der Waals surface area (Å²) >= 11 is 1.77. The first-order valence-corrected chi connectivity index (χ1v) is 10.8. The van der Waals surface area contributed by atoms with Crippen LogP contribution < -0.4 is 0 Å². The summed E-state index contributed by atoms with van der Waals surface area (Å²) in [6.07, 6.45) is 3.70. The van der Waals surface area contributed by atoms with E-state index in [9.17, 15) is 9.59 Å². The van der Waals surface area contributed by atoms with Crippen LogP contribution in [-0.4, -0.2) is 29.4 Å². The molecule has 142 valence electrons. The van der Waals surface area contributed by atoms with Crippen molar-refractivity contribution in [3.63, 3.8) is 0 Å². The number of rotatable bonds is 4. The summed E-state index contributed by atoms with van der Waals surface area (Å²) in [5.41, 5.74) is 1.66. The predicted molar refractivity (Wildman–Crippen MR) is 102 cm³/mol. The molecule has 1 aromatic heterocycles.